The van der Waals surface area contributed by atoms with Gasteiger partial charge in [0.1, 0.15) is 5.75 Å². The number of unbranched alkanes of at least 4 members (excludes halogenated alkanes) is 2. The quantitative estimate of drug-likeness (QED) is 0.619. The molecule has 1 aromatic rings. The molecule has 0 radical (unpaired) electrons. The minimum absolute atomic E-state index is 0.189. The van der Waals surface area contributed by atoms with E-state index in [0.717, 1.165) is 37.2 Å². The zero-order valence-electron chi connectivity index (χ0n) is 14.3. The summed E-state index contributed by atoms with van der Waals surface area (Å²) in [6.45, 7) is 4.84. The molecule has 0 aromatic heterocycles. The molecule has 130 valence electrons. The van der Waals surface area contributed by atoms with Crippen LogP contribution in [0, 0.1) is 5.92 Å². The van der Waals surface area contributed by atoms with Crippen LogP contribution in [0.25, 0.3) is 0 Å². The Morgan fingerprint density at radius 2 is 2.04 bits per heavy atom. The lowest BCUT2D eigenvalue weighted by Crippen LogP contribution is -2.30. The maximum Gasteiger partial charge on any atom is 0.212 e. The van der Waals surface area contributed by atoms with Gasteiger partial charge in [-0.25, -0.2) is 13.1 Å². The Morgan fingerprint density at radius 1 is 1.26 bits per heavy atom. The minimum atomic E-state index is -3.23. The summed E-state index contributed by atoms with van der Waals surface area (Å²) < 4.78 is 33.1. The topological polar surface area (TPSA) is 55.4 Å². The van der Waals surface area contributed by atoms with E-state index >= 15 is 0 Å². The molecule has 1 aromatic carbocycles. The van der Waals surface area contributed by atoms with Crippen LogP contribution in [0.1, 0.15) is 64.0 Å². The molecule has 0 spiro atoms. The van der Waals surface area contributed by atoms with Gasteiger partial charge < -0.3 is 4.74 Å². The Morgan fingerprint density at radius 3 is 2.70 bits per heavy atom. The van der Waals surface area contributed by atoms with Gasteiger partial charge in [-0.1, -0.05) is 38.8 Å². The third-order valence-corrected chi connectivity index (χ3v) is 5.66. The van der Waals surface area contributed by atoms with E-state index in [1.54, 1.807) is 0 Å². The number of hydrogen-bond donors (Lipinski definition) is 1. The van der Waals surface area contributed by atoms with Crippen LogP contribution in [-0.4, -0.2) is 20.8 Å². The molecule has 0 amide bonds. The van der Waals surface area contributed by atoms with Gasteiger partial charge in [-0.2, -0.15) is 0 Å². The summed E-state index contributed by atoms with van der Waals surface area (Å²) in [5, 5.41) is 0. The van der Waals surface area contributed by atoms with Crippen molar-refractivity contribution in [1.82, 2.24) is 4.72 Å². The van der Waals surface area contributed by atoms with Gasteiger partial charge in [-0.05, 0) is 49.3 Å². The van der Waals surface area contributed by atoms with E-state index in [1.165, 1.54) is 12.8 Å². The summed E-state index contributed by atoms with van der Waals surface area (Å²) in [4.78, 5) is 0. The third kappa shape index (κ3) is 6.51. The Balaban J connectivity index is 1.97. The maximum atomic E-state index is 12.2. The summed E-state index contributed by atoms with van der Waals surface area (Å²) in [5.74, 6) is 1.74. The normalized spacial score (nSPS) is 16.3. The Hall–Kier alpha value is -1.07. The van der Waals surface area contributed by atoms with Crippen molar-refractivity contribution in [1.29, 1.82) is 0 Å². The van der Waals surface area contributed by atoms with Crippen LogP contribution in [0.15, 0.2) is 24.3 Å². The zero-order valence-corrected chi connectivity index (χ0v) is 15.1. The van der Waals surface area contributed by atoms with E-state index < -0.39 is 10.0 Å². The molecule has 0 heterocycles. The third-order valence-electron chi connectivity index (χ3n) is 4.19. The van der Waals surface area contributed by atoms with Crippen LogP contribution in [0.2, 0.25) is 0 Å². The smallest absolute Gasteiger partial charge is 0.212 e. The lowest BCUT2D eigenvalue weighted by atomic mass is 10.1. The van der Waals surface area contributed by atoms with Crippen LogP contribution < -0.4 is 9.46 Å². The second kappa shape index (κ2) is 8.69. The highest BCUT2D eigenvalue weighted by Crippen LogP contribution is 2.30. The molecule has 1 N–H and O–H groups in total. The molecule has 23 heavy (non-hydrogen) atoms. The van der Waals surface area contributed by atoms with Crippen molar-refractivity contribution >= 4 is 10.0 Å². The second-order valence-corrected chi connectivity index (χ2v) is 8.30. The van der Waals surface area contributed by atoms with Crippen molar-refractivity contribution < 1.29 is 13.2 Å². The number of rotatable bonds is 11. The summed E-state index contributed by atoms with van der Waals surface area (Å²) in [6, 6.07) is 7.61. The molecule has 1 saturated carbocycles. The van der Waals surface area contributed by atoms with E-state index in [1.807, 2.05) is 31.2 Å². The van der Waals surface area contributed by atoms with Gasteiger partial charge in [0.05, 0.1) is 12.4 Å². The average Bonchev–Trinajstić information content (AvgIpc) is 3.35. The standard InChI is InChI=1S/C18H29NO3S/c1-3-5-6-12-23(20,21)19-18(4-2)16-8-7-9-17(13-16)22-14-15-10-11-15/h7-9,13,15,18-19H,3-6,10-12,14H2,1-2H3/t18-/m1/s1. The Kier molecular flexibility index (Phi) is 6.90. The fraction of sp³-hybridized carbons (Fsp3) is 0.667. The first-order valence-corrected chi connectivity index (χ1v) is 10.4. The minimum Gasteiger partial charge on any atom is -0.493 e. The van der Waals surface area contributed by atoms with Gasteiger partial charge >= 0.3 is 0 Å². The molecule has 1 atom stereocenters. The number of nitrogens with one attached hydrogen (secondary N) is 1. The molecule has 0 saturated heterocycles. The number of ether oxygens (including phenoxy) is 1. The van der Waals surface area contributed by atoms with E-state index in [-0.39, 0.29) is 11.8 Å². The van der Waals surface area contributed by atoms with E-state index in [0.29, 0.717) is 12.3 Å². The molecule has 5 heteroatoms. The summed E-state index contributed by atoms with van der Waals surface area (Å²) in [6.07, 6.45) is 5.92. The Labute approximate surface area is 140 Å². The van der Waals surface area contributed by atoms with E-state index in [2.05, 4.69) is 11.6 Å². The molecule has 1 aliphatic rings. The molecule has 1 fully saturated rings. The van der Waals surface area contributed by atoms with E-state index in [9.17, 15) is 8.42 Å². The zero-order chi connectivity index (χ0) is 16.7. The van der Waals surface area contributed by atoms with Crippen molar-refractivity contribution in [2.75, 3.05) is 12.4 Å². The number of benzene rings is 1. The van der Waals surface area contributed by atoms with Gasteiger partial charge in [-0.15, -0.1) is 0 Å². The monoisotopic (exact) mass is 339 g/mol. The highest BCUT2D eigenvalue weighted by Gasteiger charge is 2.22. The van der Waals surface area contributed by atoms with Crippen molar-refractivity contribution in [3.05, 3.63) is 29.8 Å². The van der Waals surface area contributed by atoms with Crippen LogP contribution >= 0.6 is 0 Å². The van der Waals surface area contributed by atoms with Gasteiger partial charge in [0, 0.05) is 6.04 Å². The largest absolute Gasteiger partial charge is 0.493 e. The fourth-order valence-corrected chi connectivity index (χ4v) is 3.96. The molecule has 2 rings (SSSR count). The molecular formula is C18H29NO3S. The van der Waals surface area contributed by atoms with Crippen LogP contribution in [0.4, 0.5) is 0 Å². The average molecular weight is 340 g/mol. The highest BCUT2D eigenvalue weighted by molar-refractivity contribution is 7.89. The predicted octanol–water partition coefficient (Wildman–Crippen LogP) is 4.04. The molecule has 0 bridgehead atoms. The van der Waals surface area contributed by atoms with Gasteiger partial charge in [0.25, 0.3) is 0 Å². The first-order valence-electron chi connectivity index (χ1n) is 8.76. The van der Waals surface area contributed by atoms with Crippen molar-refractivity contribution in [2.24, 2.45) is 5.92 Å². The van der Waals surface area contributed by atoms with Crippen LogP contribution in [0.5, 0.6) is 5.75 Å². The van der Waals surface area contributed by atoms with Crippen LogP contribution in [-0.2, 0) is 10.0 Å². The molecular weight excluding hydrogens is 310 g/mol. The van der Waals surface area contributed by atoms with Crippen molar-refractivity contribution in [2.45, 2.75) is 58.4 Å². The second-order valence-electron chi connectivity index (χ2n) is 6.43. The maximum absolute atomic E-state index is 12.2. The van der Waals surface area contributed by atoms with E-state index in [4.69, 9.17) is 4.74 Å². The van der Waals surface area contributed by atoms with Crippen LogP contribution in [0.3, 0.4) is 0 Å². The lowest BCUT2D eigenvalue weighted by molar-refractivity contribution is 0.299. The first-order chi connectivity index (χ1) is 11.0. The number of hydrogen-bond acceptors (Lipinski definition) is 3. The summed E-state index contributed by atoms with van der Waals surface area (Å²) in [5.41, 5.74) is 0.972. The summed E-state index contributed by atoms with van der Waals surface area (Å²) in [7, 11) is -3.23. The summed E-state index contributed by atoms with van der Waals surface area (Å²) >= 11 is 0. The SMILES string of the molecule is CCCCCS(=O)(=O)N[C@H](CC)c1cccc(OCC2CC2)c1. The van der Waals surface area contributed by atoms with Gasteiger partial charge in [-0.3, -0.25) is 0 Å². The van der Waals surface area contributed by atoms with Crippen molar-refractivity contribution in [3.63, 3.8) is 0 Å². The van der Waals surface area contributed by atoms with Gasteiger partial charge in [0.2, 0.25) is 10.0 Å². The van der Waals surface area contributed by atoms with Gasteiger partial charge in [0.15, 0.2) is 0 Å². The molecule has 0 aliphatic heterocycles. The highest BCUT2D eigenvalue weighted by atomic mass is 32.2. The lowest BCUT2D eigenvalue weighted by Gasteiger charge is -2.18. The first kappa shape index (κ1) is 18.3. The van der Waals surface area contributed by atoms with Crippen molar-refractivity contribution in [3.8, 4) is 5.75 Å². The number of sulfonamides is 1. The fourth-order valence-electron chi connectivity index (χ4n) is 2.52. The Bertz CT molecular complexity index is 582. The predicted molar refractivity (Wildman–Crippen MR) is 94.1 cm³/mol. The molecule has 0 unspecified atom stereocenters. The molecule has 4 nitrogen and oxygen atoms in total. The molecule has 1 aliphatic carbocycles.